The Hall–Kier alpha value is -2.14. The molecule has 0 amide bonds. The van der Waals surface area contributed by atoms with E-state index in [4.69, 9.17) is 5.11 Å². The van der Waals surface area contributed by atoms with Gasteiger partial charge in [0.05, 0.1) is 23.5 Å². The zero-order valence-corrected chi connectivity index (χ0v) is 13.0. The predicted octanol–water partition coefficient (Wildman–Crippen LogP) is 3.62. The lowest BCUT2D eigenvalue weighted by molar-refractivity contribution is -0.136. The third-order valence-electron chi connectivity index (χ3n) is 3.78. The van der Waals surface area contributed by atoms with E-state index in [9.17, 15) is 4.79 Å². The first-order valence-electron chi connectivity index (χ1n) is 6.72. The van der Waals surface area contributed by atoms with Gasteiger partial charge in [-0.05, 0) is 43.5 Å². The third kappa shape index (κ3) is 2.34. The monoisotopic (exact) mass is 300 g/mol. The van der Waals surface area contributed by atoms with Crippen molar-refractivity contribution in [3.05, 3.63) is 46.1 Å². The number of benzene rings is 1. The highest BCUT2D eigenvalue weighted by Gasteiger charge is 2.17. The maximum absolute atomic E-state index is 11.1. The lowest BCUT2D eigenvalue weighted by Gasteiger charge is -2.06. The lowest BCUT2D eigenvalue weighted by atomic mass is 10.0. The standard InChI is InChI=1S/C16H16N2O2S/c1-9-4-5-12(6-10(9)2)14-8-21-16-17-11(3)13(18(14)16)7-15(19)20/h4-6,8H,7H2,1-3H3,(H,19,20). The van der Waals surface area contributed by atoms with Gasteiger partial charge in [0.15, 0.2) is 4.96 Å². The zero-order valence-electron chi connectivity index (χ0n) is 12.2. The molecule has 0 fully saturated rings. The van der Waals surface area contributed by atoms with E-state index in [2.05, 4.69) is 37.0 Å². The van der Waals surface area contributed by atoms with E-state index in [1.807, 2.05) is 16.7 Å². The number of aliphatic carboxylic acids is 1. The maximum atomic E-state index is 11.1. The Morgan fingerprint density at radius 2 is 2.05 bits per heavy atom. The van der Waals surface area contributed by atoms with Crippen LogP contribution in [0.15, 0.2) is 23.6 Å². The van der Waals surface area contributed by atoms with Gasteiger partial charge in [0, 0.05) is 5.38 Å². The molecule has 2 aromatic heterocycles. The Morgan fingerprint density at radius 1 is 1.29 bits per heavy atom. The summed E-state index contributed by atoms with van der Waals surface area (Å²) in [5, 5.41) is 11.1. The molecular weight excluding hydrogens is 284 g/mol. The van der Waals surface area contributed by atoms with Gasteiger partial charge in [-0.2, -0.15) is 0 Å². The van der Waals surface area contributed by atoms with Crippen LogP contribution < -0.4 is 0 Å². The van der Waals surface area contributed by atoms with Gasteiger partial charge in [0.2, 0.25) is 0 Å². The van der Waals surface area contributed by atoms with Crippen LogP contribution in [0.3, 0.4) is 0 Å². The first-order valence-corrected chi connectivity index (χ1v) is 7.60. The minimum Gasteiger partial charge on any atom is -0.481 e. The van der Waals surface area contributed by atoms with Crippen molar-refractivity contribution in [1.29, 1.82) is 0 Å². The number of thiazole rings is 1. The molecule has 0 unspecified atom stereocenters. The van der Waals surface area contributed by atoms with Crippen LogP contribution in [0.2, 0.25) is 0 Å². The molecule has 4 nitrogen and oxygen atoms in total. The van der Waals surface area contributed by atoms with Crippen molar-refractivity contribution in [2.24, 2.45) is 0 Å². The van der Waals surface area contributed by atoms with Gasteiger partial charge >= 0.3 is 5.97 Å². The molecular formula is C16H16N2O2S. The number of fused-ring (bicyclic) bond motifs is 1. The van der Waals surface area contributed by atoms with Gasteiger partial charge in [-0.3, -0.25) is 9.20 Å². The number of carboxylic acids is 1. The Morgan fingerprint density at radius 3 is 2.71 bits per heavy atom. The first-order chi connectivity index (χ1) is 9.97. The molecule has 0 saturated carbocycles. The molecule has 0 atom stereocenters. The molecule has 3 aromatic rings. The number of aromatic nitrogens is 2. The summed E-state index contributed by atoms with van der Waals surface area (Å²) in [5.74, 6) is -0.836. The zero-order chi connectivity index (χ0) is 15.1. The summed E-state index contributed by atoms with van der Waals surface area (Å²) in [6.45, 7) is 6.03. The van der Waals surface area contributed by atoms with Crippen molar-refractivity contribution in [3.63, 3.8) is 0 Å². The fraction of sp³-hybridized carbons (Fsp3) is 0.250. The molecule has 3 rings (SSSR count). The van der Waals surface area contributed by atoms with Crippen LogP contribution in [0.5, 0.6) is 0 Å². The van der Waals surface area contributed by atoms with E-state index in [1.165, 1.54) is 22.5 Å². The van der Waals surface area contributed by atoms with E-state index in [1.54, 1.807) is 0 Å². The molecule has 0 aliphatic heterocycles. The molecule has 0 bridgehead atoms. The van der Waals surface area contributed by atoms with Gasteiger partial charge < -0.3 is 5.11 Å². The maximum Gasteiger partial charge on any atom is 0.309 e. The fourth-order valence-electron chi connectivity index (χ4n) is 2.47. The van der Waals surface area contributed by atoms with Crippen molar-refractivity contribution in [3.8, 4) is 11.3 Å². The van der Waals surface area contributed by atoms with Crippen LogP contribution >= 0.6 is 11.3 Å². The smallest absolute Gasteiger partial charge is 0.309 e. The summed E-state index contributed by atoms with van der Waals surface area (Å²) in [6.07, 6.45) is -0.0123. The summed E-state index contributed by atoms with van der Waals surface area (Å²) < 4.78 is 1.97. The van der Waals surface area contributed by atoms with Crippen LogP contribution in [0.1, 0.15) is 22.5 Å². The number of carbonyl (C=O) groups is 1. The van der Waals surface area contributed by atoms with Crippen LogP contribution in [-0.2, 0) is 11.2 Å². The Kier molecular flexibility index (Phi) is 3.29. The lowest BCUT2D eigenvalue weighted by Crippen LogP contribution is -2.05. The predicted molar refractivity (Wildman–Crippen MR) is 84.1 cm³/mol. The van der Waals surface area contributed by atoms with Gasteiger partial charge in [0.25, 0.3) is 0 Å². The second-order valence-electron chi connectivity index (χ2n) is 5.25. The van der Waals surface area contributed by atoms with Crippen molar-refractivity contribution in [2.45, 2.75) is 27.2 Å². The van der Waals surface area contributed by atoms with Crippen molar-refractivity contribution in [2.75, 3.05) is 0 Å². The number of carboxylic acid groups (broad SMARTS) is 1. The summed E-state index contributed by atoms with van der Waals surface area (Å²) in [6, 6.07) is 6.30. The molecule has 2 heterocycles. The number of nitrogens with zero attached hydrogens (tertiary/aromatic N) is 2. The molecule has 0 spiro atoms. The van der Waals surface area contributed by atoms with Crippen molar-refractivity contribution >= 4 is 22.3 Å². The number of hydrogen-bond donors (Lipinski definition) is 1. The van der Waals surface area contributed by atoms with E-state index in [0.717, 1.165) is 27.6 Å². The summed E-state index contributed by atoms with van der Waals surface area (Å²) in [4.78, 5) is 16.4. The molecule has 1 N–H and O–H groups in total. The number of imidazole rings is 1. The molecule has 1 aromatic carbocycles. The first kappa shape index (κ1) is 13.8. The fourth-order valence-corrected chi connectivity index (χ4v) is 3.43. The molecule has 5 heteroatoms. The van der Waals surface area contributed by atoms with Crippen LogP contribution in [-0.4, -0.2) is 20.5 Å². The SMILES string of the molecule is Cc1ccc(-c2csc3nc(C)c(CC(=O)O)n23)cc1C. The summed E-state index contributed by atoms with van der Waals surface area (Å²) in [7, 11) is 0. The van der Waals surface area contributed by atoms with Crippen LogP contribution in [0, 0.1) is 20.8 Å². The third-order valence-corrected chi connectivity index (χ3v) is 4.61. The minimum atomic E-state index is -0.836. The average molecular weight is 300 g/mol. The molecule has 108 valence electrons. The topological polar surface area (TPSA) is 54.6 Å². The van der Waals surface area contributed by atoms with Crippen LogP contribution in [0.25, 0.3) is 16.2 Å². The molecule has 21 heavy (non-hydrogen) atoms. The van der Waals surface area contributed by atoms with E-state index in [0.29, 0.717) is 0 Å². The van der Waals surface area contributed by atoms with Crippen LogP contribution in [0.4, 0.5) is 0 Å². The molecule has 0 aliphatic carbocycles. The number of rotatable bonds is 3. The number of hydrogen-bond acceptors (Lipinski definition) is 3. The van der Waals surface area contributed by atoms with Crippen molar-refractivity contribution < 1.29 is 9.90 Å². The molecule has 0 aliphatic rings. The highest BCUT2D eigenvalue weighted by molar-refractivity contribution is 7.15. The van der Waals surface area contributed by atoms with Gasteiger partial charge in [-0.15, -0.1) is 11.3 Å². The largest absolute Gasteiger partial charge is 0.481 e. The van der Waals surface area contributed by atoms with Crippen molar-refractivity contribution in [1.82, 2.24) is 9.38 Å². The molecule has 0 radical (unpaired) electrons. The summed E-state index contributed by atoms with van der Waals surface area (Å²) in [5.41, 5.74) is 6.12. The van der Waals surface area contributed by atoms with E-state index >= 15 is 0 Å². The quantitative estimate of drug-likeness (QED) is 0.804. The van der Waals surface area contributed by atoms with E-state index < -0.39 is 5.97 Å². The van der Waals surface area contributed by atoms with Gasteiger partial charge in [0.1, 0.15) is 0 Å². The Bertz CT molecular complexity index is 845. The average Bonchev–Trinajstić information content (AvgIpc) is 2.94. The van der Waals surface area contributed by atoms with Gasteiger partial charge in [-0.1, -0.05) is 12.1 Å². The Balaban J connectivity index is 2.22. The second kappa shape index (κ2) is 5.00. The number of aryl methyl sites for hydroxylation is 3. The minimum absolute atomic E-state index is 0.0123. The highest BCUT2D eigenvalue weighted by Crippen LogP contribution is 2.30. The molecule has 0 saturated heterocycles. The highest BCUT2D eigenvalue weighted by atomic mass is 32.1. The summed E-state index contributed by atoms with van der Waals surface area (Å²) >= 11 is 1.54. The normalized spacial score (nSPS) is 11.2. The van der Waals surface area contributed by atoms with Gasteiger partial charge in [-0.25, -0.2) is 4.98 Å². The van der Waals surface area contributed by atoms with E-state index in [-0.39, 0.29) is 6.42 Å². The Labute approximate surface area is 126 Å². The second-order valence-corrected chi connectivity index (χ2v) is 6.09.